The molecule has 0 aliphatic heterocycles. The number of allylic oxidation sites excluding steroid dienone is 2. The van der Waals surface area contributed by atoms with Gasteiger partial charge in [0, 0.05) is 5.57 Å². The fourth-order valence-electron chi connectivity index (χ4n) is 0.855. The summed E-state index contributed by atoms with van der Waals surface area (Å²) < 4.78 is 4.61. The number of carbonyl (C=O) groups excluding carboxylic acids is 1. The van der Waals surface area contributed by atoms with E-state index in [0.717, 1.165) is 12.8 Å². The Balaban J connectivity index is 4.20. The number of esters is 1. The van der Waals surface area contributed by atoms with Crippen molar-refractivity contribution in [2.45, 2.75) is 26.2 Å². The third-order valence-corrected chi connectivity index (χ3v) is 1.49. The van der Waals surface area contributed by atoms with Crippen LogP contribution >= 0.6 is 0 Å². The highest BCUT2D eigenvalue weighted by Gasteiger charge is 2.05. The van der Waals surface area contributed by atoms with Crippen LogP contribution in [0, 0.1) is 0 Å². The lowest BCUT2D eigenvalue weighted by molar-refractivity contribution is -0.136. The Bertz CT molecular complexity index is 180. The minimum atomic E-state index is -0.247. The van der Waals surface area contributed by atoms with Gasteiger partial charge in [0.15, 0.2) is 0 Å². The van der Waals surface area contributed by atoms with Crippen molar-refractivity contribution in [1.82, 2.24) is 0 Å². The molecule has 2 heteroatoms. The second-order valence-electron chi connectivity index (χ2n) is 2.50. The molecule has 0 aromatic carbocycles. The minimum Gasteiger partial charge on any atom is -0.466 e. The van der Waals surface area contributed by atoms with Gasteiger partial charge in [0.25, 0.3) is 0 Å². The van der Waals surface area contributed by atoms with Gasteiger partial charge < -0.3 is 4.74 Å². The summed E-state index contributed by atoms with van der Waals surface area (Å²) >= 11 is 0. The summed E-state index contributed by atoms with van der Waals surface area (Å²) in [6.45, 7) is 5.65. The van der Waals surface area contributed by atoms with Crippen LogP contribution in [0.2, 0.25) is 0 Å². The van der Waals surface area contributed by atoms with Crippen molar-refractivity contribution < 1.29 is 9.53 Å². The largest absolute Gasteiger partial charge is 0.466 e. The highest BCUT2D eigenvalue weighted by molar-refractivity contribution is 5.88. The molecule has 12 heavy (non-hydrogen) atoms. The number of hydrogen-bond acceptors (Lipinski definition) is 2. The maximum Gasteiger partial charge on any atom is 0.333 e. The molecular formula is C10H16O2. The van der Waals surface area contributed by atoms with Gasteiger partial charge in [0.1, 0.15) is 0 Å². The van der Waals surface area contributed by atoms with E-state index in [2.05, 4.69) is 18.2 Å². The predicted octanol–water partition coefficient (Wildman–Crippen LogP) is 2.46. The van der Waals surface area contributed by atoms with Crippen molar-refractivity contribution in [1.29, 1.82) is 0 Å². The Morgan fingerprint density at radius 3 is 2.67 bits per heavy atom. The lowest BCUT2D eigenvalue weighted by Crippen LogP contribution is -2.03. The Labute approximate surface area is 73.9 Å². The SMILES string of the molecule is C=CCC(=CCCC)C(=O)OC. The van der Waals surface area contributed by atoms with E-state index in [-0.39, 0.29) is 5.97 Å². The predicted molar refractivity (Wildman–Crippen MR) is 49.8 cm³/mol. The van der Waals surface area contributed by atoms with Crippen molar-refractivity contribution in [3.05, 3.63) is 24.3 Å². The summed E-state index contributed by atoms with van der Waals surface area (Å²) in [4.78, 5) is 11.1. The summed E-state index contributed by atoms with van der Waals surface area (Å²) in [5.74, 6) is -0.247. The molecule has 0 aliphatic rings. The lowest BCUT2D eigenvalue weighted by atomic mass is 10.1. The highest BCUT2D eigenvalue weighted by atomic mass is 16.5. The lowest BCUT2D eigenvalue weighted by Gasteiger charge is -2.01. The molecule has 0 fully saturated rings. The van der Waals surface area contributed by atoms with Gasteiger partial charge >= 0.3 is 5.97 Å². The van der Waals surface area contributed by atoms with Crippen LogP contribution in [0.25, 0.3) is 0 Å². The van der Waals surface area contributed by atoms with Crippen LogP contribution in [0.1, 0.15) is 26.2 Å². The summed E-state index contributed by atoms with van der Waals surface area (Å²) in [5, 5.41) is 0. The van der Waals surface area contributed by atoms with E-state index in [0.29, 0.717) is 12.0 Å². The molecular weight excluding hydrogens is 152 g/mol. The zero-order valence-corrected chi connectivity index (χ0v) is 7.80. The first-order valence-electron chi connectivity index (χ1n) is 4.14. The quantitative estimate of drug-likeness (QED) is 0.358. The summed E-state index contributed by atoms with van der Waals surface area (Å²) in [7, 11) is 1.39. The topological polar surface area (TPSA) is 26.3 Å². The second-order valence-corrected chi connectivity index (χ2v) is 2.50. The van der Waals surface area contributed by atoms with Crippen LogP contribution in [0.3, 0.4) is 0 Å². The van der Waals surface area contributed by atoms with Crippen LogP contribution in [-0.4, -0.2) is 13.1 Å². The minimum absolute atomic E-state index is 0.247. The van der Waals surface area contributed by atoms with E-state index in [4.69, 9.17) is 0 Å². The molecule has 0 amide bonds. The van der Waals surface area contributed by atoms with Gasteiger partial charge in [-0.25, -0.2) is 4.79 Å². The third-order valence-electron chi connectivity index (χ3n) is 1.49. The smallest absolute Gasteiger partial charge is 0.333 e. The molecule has 0 aliphatic carbocycles. The third kappa shape index (κ3) is 3.96. The van der Waals surface area contributed by atoms with Crippen molar-refractivity contribution in [3.63, 3.8) is 0 Å². The number of unbranched alkanes of at least 4 members (excludes halogenated alkanes) is 1. The van der Waals surface area contributed by atoms with Gasteiger partial charge in [-0.3, -0.25) is 0 Å². The molecule has 0 aromatic rings. The van der Waals surface area contributed by atoms with E-state index < -0.39 is 0 Å². The first kappa shape index (κ1) is 11.0. The molecule has 0 atom stereocenters. The van der Waals surface area contributed by atoms with Gasteiger partial charge in [-0.15, -0.1) is 6.58 Å². The number of rotatable bonds is 5. The van der Waals surface area contributed by atoms with Crippen molar-refractivity contribution >= 4 is 5.97 Å². The average Bonchev–Trinajstić information content (AvgIpc) is 2.11. The maximum absolute atomic E-state index is 11.1. The summed E-state index contributed by atoms with van der Waals surface area (Å²) in [6.07, 6.45) is 6.16. The molecule has 0 bridgehead atoms. The molecule has 0 aromatic heterocycles. The molecule has 2 nitrogen and oxygen atoms in total. The van der Waals surface area contributed by atoms with E-state index in [1.807, 2.05) is 6.08 Å². The van der Waals surface area contributed by atoms with Gasteiger partial charge in [0.05, 0.1) is 7.11 Å². The first-order valence-corrected chi connectivity index (χ1v) is 4.14. The Morgan fingerprint density at radius 1 is 1.58 bits per heavy atom. The number of ether oxygens (including phenoxy) is 1. The Kier molecular flexibility index (Phi) is 6.07. The highest BCUT2D eigenvalue weighted by Crippen LogP contribution is 2.06. The summed E-state index contributed by atoms with van der Waals surface area (Å²) in [6, 6.07) is 0. The monoisotopic (exact) mass is 168 g/mol. The standard InChI is InChI=1S/C10H16O2/c1-4-6-8-9(7-5-2)10(11)12-3/h5,8H,2,4,6-7H2,1,3H3. The molecule has 0 rings (SSSR count). The number of carbonyl (C=O) groups is 1. The maximum atomic E-state index is 11.1. The Hall–Kier alpha value is -1.05. The van der Waals surface area contributed by atoms with E-state index in [9.17, 15) is 4.79 Å². The van der Waals surface area contributed by atoms with E-state index >= 15 is 0 Å². The molecule has 0 N–H and O–H groups in total. The molecule has 0 spiro atoms. The normalized spacial score (nSPS) is 11.0. The van der Waals surface area contributed by atoms with E-state index in [1.54, 1.807) is 6.08 Å². The summed E-state index contributed by atoms with van der Waals surface area (Å²) in [5.41, 5.74) is 0.703. The van der Waals surface area contributed by atoms with Crippen LogP contribution < -0.4 is 0 Å². The fraction of sp³-hybridized carbons (Fsp3) is 0.500. The van der Waals surface area contributed by atoms with Crippen molar-refractivity contribution in [2.75, 3.05) is 7.11 Å². The van der Waals surface area contributed by atoms with Gasteiger partial charge in [0.2, 0.25) is 0 Å². The van der Waals surface area contributed by atoms with Gasteiger partial charge in [-0.2, -0.15) is 0 Å². The first-order chi connectivity index (χ1) is 5.76. The van der Waals surface area contributed by atoms with Crippen molar-refractivity contribution in [2.24, 2.45) is 0 Å². The van der Waals surface area contributed by atoms with Crippen molar-refractivity contribution in [3.8, 4) is 0 Å². The van der Waals surface area contributed by atoms with Crippen LogP contribution in [0.15, 0.2) is 24.3 Å². The molecule has 68 valence electrons. The molecule has 0 saturated carbocycles. The number of hydrogen-bond donors (Lipinski definition) is 0. The zero-order chi connectivity index (χ0) is 9.40. The van der Waals surface area contributed by atoms with Crippen LogP contribution in [0.4, 0.5) is 0 Å². The second kappa shape index (κ2) is 6.65. The Morgan fingerprint density at radius 2 is 2.25 bits per heavy atom. The zero-order valence-electron chi connectivity index (χ0n) is 7.80. The van der Waals surface area contributed by atoms with Crippen LogP contribution in [0.5, 0.6) is 0 Å². The molecule has 0 saturated heterocycles. The van der Waals surface area contributed by atoms with Gasteiger partial charge in [-0.05, 0) is 12.8 Å². The molecule has 0 heterocycles. The van der Waals surface area contributed by atoms with Crippen LogP contribution in [-0.2, 0) is 9.53 Å². The molecule has 0 unspecified atom stereocenters. The average molecular weight is 168 g/mol. The fourth-order valence-corrected chi connectivity index (χ4v) is 0.855. The number of methoxy groups -OCH3 is 1. The molecule has 0 radical (unpaired) electrons. The van der Waals surface area contributed by atoms with E-state index in [1.165, 1.54) is 7.11 Å². The van der Waals surface area contributed by atoms with Gasteiger partial charge in [-0.1, -0.05) is 25.5 Å².